The third kappa shape index (κ3) is 2.25. The summed E-state index contributed by atoms with van der Waals surface area (Å²) in [6.07, 6.45) is 0.468. The molecule has 3 nitrogen and oxygen atoms in total. The van der Waals surface area contributed by atoms with E-state index in [4.69, 9.17) is 5.73 Å². The highest BCUT2D eigenvalue weighted by atomic mass is 16.1. The monoisotopic (exact) mass is 252 g/mol. The van der Waals surface area contributed by atoms with Gasteiger partial charge in [-0.15, -0.1) is 0 Å². The van der Waals surface area contributed by atoms with Gasteiger partial charge in [0.25, 0.3) is 0 Å². The molecule has 0 spiro atoms. The number of anilines is 1. The number of nitrogens with one attached hydrogen (secondary N) is 1. The summed E-state index contributed by atoms with van der Waals surface area (Å²) in [5, 5.41) is 2.85. The van der Waals surface area contributed by atoms with Gasteiger partial charge in [0.1, 0.15) is 0 Å². The van der Waals surface area contributed by atoms with Gasteiger partial charge in [-0.1, -0.05) is 42.5 Å². The SMILES string of the molecule is NCC(c1ccccc1)c1ccc2c(c1)CC(=O)N2. The minimum atomic E-state index is 0.0659. The summed E-state index contributed by atoms with van der Waals surface area (Å²) in [4.78, 5) is 11.4. The summed E-state index contributed by atoms with van der Waals surface area (Å²) >= 11 is 0. The molecule has 1 unspecified atom stereocenters. The zero-order valence-corrected chi connectivity index (χ0v) is 10.6. The van der Waals surface area contributed by atoms with E-state index >= 15 is 0 Å². The molecule has 96 valence electrons. The van der Waals surface area contributed by atoms with E-state index in [1.165, 1.54) is 11.1 Å². The lowest BCUT2D eigenvalue weighted by Crippen LogP contribution is -2.13. The summed E-state index contributed by atoms with van der Waals surface area (Å²) in [6, 6.07) is 16.4. The van der Waals surface area contributed by atoms with Gasteiger partial charge in [0.2, 0.25) is 5.91 Å². The zero-order valence-electron chi connectivity index (χ0n) is 10.6. The summed E-state index contributed by atoms with van der Waals surface area (Å²) in [5.74, 6) is 0.248. The van der Waals surface area contributed by atoms with Crippen molar-refractivity contribution in [1.29, 1.82) is 0 Å². The van der Waals surface area contributed by atoms with Gasteiger partial charge < -0.3 is 11.1 Å². The van der Waals surface area contributed by atoms with Crippen molar-refractivity contribution in [2.24, 2.45) is 5.73 Å². The first kappa shape index (κ1) is 11.9. The van der Waals surface area contributed by atoms with E-state index in [9.17, 15) is 4.79 Å². The minimum Gasteiger partial charge on any atom is -0.330 e. The number of benzene rings is 2. The Morgan fingerprint density at radius 3 is 2.63 bits per heavy atom. The Morgan fingerprint density at radius 1 is 1.11 bits per heavy atom. The largest absolute Gasteiger partial charge is 0.330 e. The zero-order chi connectivity index (χ0) is 13.2. The molecule has 3 N–H and O–H groups in total. The Bertz CT molecular complexity index is 607. The van der Waals surface area contributed by atoms with E-state index in [1.54, 1.807) is 0 Å². The molecule has 2 aromatic rings. The molecule has 3 rings (SSSR count). The van der Waals surface area contributed by atoms with Crippen molar-refractivity contribution in [2.45, 2.75) is 12.3 Å². The maximum absolute atomic E-state index is 11.4. The molecule has 0 saturated carbocycles. The number of carbonyl (C=O) groups excluding carboxylic acids is 1. The van der Waals surface area contributed by atoms with Crippen LogP contribution in [0.5, 0.6) is 0 Å². The maximum Gasteiger partial charge on any atom is 0.228 e. The molecule has 0 aromatic heterocycles. The highest BCUT2D eigenvalue weighted by Crippen LogP contribution is 2.30. The van der Waals surface area contributed by atoms with E-state index in [-0.39, 0.29) is 11.8 Å². The van der Waals surface area contributed by atoms with E-state index < -0.39 is 0 Å². The van der Waals surface area contributed by atoms with Crippen molar-refractivity contribution in [3.05, 3.63) is 65.2 Å². The normalized spacial score (nSPS) is 14.9. The first-order chi connectivity index (χ1) is 9.28. The second-order valence-electron chi connectivity index (χ2n) is 4.84. The number of fused-ring (bicyclic) bond motifs is 1. The first-order valence-electron chi connectivity index (χ1n) is 6.45. The van der Waals surface area contributed by atoms with Gasteiger partial charge in [0, 0.05) is 18.2 Å². The predicted molar refractivity (Wildman–Crippen MR) is 76.1 cm³/mol. The summed E-state index contributed by atoms with van der Waals surface area (Å²) in [6.45, 7) is 0.560. The lowest BCUT2D eigenvalue weighted by molar-refractivity contribution is -0.115. The fraction of sp³-hybridized carbons (Fsp3) is 0.188. The fourth-order valence-electron chi connectivity index (χ4n) is 2.62. The molecule has 0 bridgehead atoms. The molecule has 0 fully saturated rings. The molecule has 2 aromatic carbocycles. The summed E-state index contributed by atoms with van der Waals surface area (Å²) in [7, 11) is 0. The molecule has 1 aliphatic rings. The molecule has 1 atom stereocenters. The predicted octanol–water partition coefficient (Wildman–Crippen LogP) is 2.27. The van der Waals surface area contributed by atoms with Crippen LogP contribution in [0.2, 0.25) is 0 Å². The molecular formula is C16H16N2O. The lowest BCUT2D eigenvalue weighted by atomic mass is 9.90. The minimum absolute atomic E-state index is 0.0659. The van der Waals surface area contributed by atoms with Crippen molar-refractivity contribution in [3.8, 4) is 0 Å². The van der Waals surface area contributed by atoms with E-state index in [0.29, 0.717) is 13.0 Å². The van der Waals surface area contributed by atoms with Crippen LogP contribution in [0.3, 0.4) is 0 Å². The Morgan fingerprint density at radius 2 is 1.89 bits per heavy atom. The Kier molecular flexibility index (Phi) is 3.05. The van der Waals surface area contributed by atoms with Gasteiger partial charge in [0.15, 0.2) is 0 Å². The van der Waals surface area contributed by atoms with Crippen LogP contribution in [0.15, 0.2) is 48.5 Å². The van der Waals surface area contributed by atoms with Crippen LogP contribution >= 0.6 is 0 Å². The highest BCUT2D eigenvalue weighted by molar-refractivity contribution is 5.99. The van der Waals surface area contributed by atoms with Crippen molar-refractivity contribution >= 4 is 11.6 Å². The average molecular weight is 252 g/mol. The van der Waals surface area contributed by atoms with Crippen molar-refractivity contribution in [2.75, 3.05) is 11.9 Å². The smallest absolute Gasteiger partial charge is 0.228 e. The maximum atomic E-state index is 11.4. The second-order valence-corrected chi connectivity index (χ2v) is 4.84. The number of hydrogen-bond acceptors (Lipinski definition) is 2. The molecule has 19 heavy (non-hydrogen) atoms. The van der Waals surface area contributed by atoms with Crippen LogP contribution in [0, 0.1) is 0 Å². The van der Waals surface area contributed by atoms with Gasteiger partial charge in [-0.05, 0) is 22.8 Å². The number of nitrogens with two attached hydrogens (primary N) is 1. The third-order valence-electron chi connectivity index (χ3n) is 3.59. The van der Waals surface area contributed by atoms with Gasteiger partial charge in [-0.25, -0.2) is 0 Å². The quantitative estimate of drug-likeness (QED) is 0.880. The summed E-state index contributed by atoms with van der Waals surface area (Å²) in [5.41, 5.74) is 10.3. The Labute approximate surface area is 112 Å². The Balaban J connectivity index is 1.97. The molecule has 1 amide bonds. The van der Waals surface area contributed by atoms with Crippen molar-refractivity contribution in [3.63, 3.8) is 0 Å². The van der Waals surface area contributed by atoms with Crippen LogP contribution in [0.4, 0.5) is 5.69 Å². The summed E-state index contributed by atoms with van der Waals surface area (Å²) < 4.78 is 0. The lowest BCUT2D eigenvalue weighted by Gasteiger charge is -2.16. The number of carbonyl (C=O) groups is 1. The van der Waals surface area contributed by atoms with Gasteiger partial charge in [-0.2, -0.15) is 0 Å². The topological polar surface area (TPSA) is 55.1 Å². The van der Waals surface area contributed by atoms with E-state index in [0.717, 1.165) is 11.3 Å². The van der Waals surface area contributed by atoms with Crippen LogP contribution in [-0.4, -0.2) is 12.5 Å². The fourth-order valence-corrected chi connectivity index (χ4v) is 2.62. The number of rotatable bonds is 3. The molecule has 0 radical (unpaired) electrons. The standard InChI is InChI=1S/C16H16N2O/c17-10-14(11-4-2-1-3-5-11)12-6-7-15-13(8-12)9-16(19)18-15/h1-8,14H,9-10,17H2,(H,18,19). The van der Waals surface area contributed by atoms with Gasteiger partial charge in [0.05, 0.1) is 6.42 Å². The molecule has 0 aliphatic carbocycles. The molecule has 3 heteroatoms. The van der Waals surface area contributed by atoms with E-state index in [1.807, 2.05) is 24.3 Å². The first-order valence-corrected chi connectivity index (χ1v) is 6.45. The number of amides is 1. The number of hydrogen-bond donors (Lipinski definition) is 2. The molecule has 1 aliphatic heterocycles. The van der Waals surface area contributed by atoms with E-state index in [2.05, 4.69) is 29.6 Å². The molecular weight excluding hydrogens is 236 g/mol. The van der Waals surface area contributed by atoms with Crippen LogP contribution < -0.4 is 11.1 Å². The average Bonchev–Trinajstić information content (AvgIpc) is 2.80. The van der Waals surface area contributed by atoms with Crippen molar-refractivity contribution in [1.82, 2.24) is 0 Å². The Hall–Kier alpha value is -2.13. The second kappa shape index (κ2) is 4.86. The van der Waals surface area contributed by atoms with Crippen molar-refractivity contribution < 1.29 is 4.79 Å². The third-order valence-corrected chi connectivity index (χ3v) is 3.59. The van der Waals surface area contributed by atoms with Gasteiger partial charge >= 0.3 is 0 Å². The van der Waals surface area contributed by atoms with Crippen LogP contribution in [-0.2, 0) is 11.2 Å². The van der Waals surface area contributed by atoms with Gasteiger partial charge in [-0.3, -0.25) is 4.79 Å². The van der Waals surface area contributed by atoms with Crippen LogP contribution in [0.25, 0.3) is 0 Å². The molecule has 1 heterocycles. The molecule has 0 saturated heterocycles. The highest BCUT2D eigenvalue weighted by Gasteiger charge is 2.20. The van der Waals surface area contributed by atoms with Crippen LogP contribution in [0.1, 0.15) is 22.6 Å².